The standard InChI is InChI=1S/C22H29N3O9/c1-12(27)23-19-15(8-17(22(32)33)34-21(19)20(31)16(29)11-26)24-18(30)10-25(13(2)28)9-14-6-4-3-5-7-14/h3-8,15-16,19-21,26,29,31H,9-11H2,1-2H3,(H,23,27)(H,24,30)(H,32,33)/t15-,16+,19+,20+,21-/m0/s1. The van der Waals surface area contributed by atoms with Crippen molar-refractivity contribution in [2.24, 2.45) is 0 Å². The summed E-state index contributed by atoms with van der Waals surface area (Å²) in [7, 11) is 0. The lowest BCUT2D eigenvalue weighted by atomic mass is 9.92. The Balaban J connectivity index is 2.27. The zero-order valence-corrected chi connectivity index (χ0v) is 18.7. The number of carbonyl (C=O) groups is 4. The smallest absolute Gasteiger partial charge is 0.370 e. The van der Waals surface area contributed by atoms with Crippen LogP contribution in [0.5, 0.6) is 0 Å². The molecule has 1 aromatic rings. The Bertz CT molecular complexity index is 921. The van der Waals surface area contributed by atoms with Crippen molar-refractivity contribution in [3.63, 3.8) is 0 Å². The summed E-state index contributed by atoms with van der Waals surface area (Å²) in [4.78, 5) is 49.5. The molecule has 0 aromatic heterocycles. The Morgan fingerprint density at radius 1 is 1.09 bits per heavy atom. The summed E-state index contributed by atoms with van der Waals surface area (Å²) in [6, 6.07) is 6.61. The summed E-state index contributed by atoms with van der Waals surface area (Å²) in [6.45, 7) is 1.41. The molecule has 0 unspecified atom stereocenters. The van der Waals surface area contributed by atoms with Crippen LogP contribution in [0.25, 0.3) is 0 Å². The molecule has 1 aliphatic heterocycles. The van der Waals surface area contributed by atoms with Crippen LogP contribution < -0.4 is 10.6 Å². The highest BCUT2D eigenvalue weighted by atomic mass is 16.5. The third-order valence-corrected chi connectivity index (χ3v) is 5.16. The van der Waals surface area contributed by atoms with Crippen molar-refractivity contribution >= 4 is 23.7 Å². The van der Waals surface area contributed by atoms with Gasteiger partial charge in [-0.1, -0.05) is 30.3 Å². The molecule has 186 valence electrons. The average Bonchev–Trinajstić information content (AvgIpc) is 2.78. The van der Waals surface area contributed by atoms with Crippen LogP contribution in [0.15, 0.2) is 42.2 Å². The van der Waals surface area contributed by atoms with Crippen LogP contribution in [-0.4, -0.2) is 92.6 Å². The SMILES string of the molecule is CC(=O)N[C@H]1[C@@H]([C@H](O)[C@H](O)CO)OC(C(=O)O)=C[C@@H]1NC(=O)CN(Cc1ccccc1)C(C)=O. The monoisotopic (exact) mass is 479 g/mol. The Morgan fingerprint density at radius 3 is 2.26 bits per heavy atom. The van der Waals surface area contributed by atoms with E-state index < -0.39 is 60.5 Å². The van der Waals surface area contributed by atoms with Crippen molar-refractivity contribution in [2.75, 3.05) is 13.2 Å². The van der Waals surface area contributed by atoms with Crippen LogP contribution >= 0.6 is 0 Å². The molecule has 2 rings (SSSR count). The van der Waals surface area contributed by atoms with Gasteiger partial charge in [0.2, 0.25) is 23.5 Å². The molecule has 1 aromatic carbocycles. The van der Waals surface area contributed by atoms with E-state index in [9.17, 15) is 39.6 Å². The summed E-state index contributed by atoms with van der Waals surface area (Å²) in [6.07, 6.45) is -3.97. The fraction of sp³-hybridized carbons (Fsp3) is 0.455. The number of aliphatic hydroxyl groups excluding tert-OH is 3. The van der Waals surface area contributed by atoms with E-state index in [-0.39, 0.29) is 19.0 Å². The zero-order chi connectivity index (χ0) is 25.4. The predicted molar refractivity (Wildman–Crippen MR) is 117 cm³/mol. The lowest BCUT2D eigenvalue weighted by Gasteiger charge is -2.40. The van der Waals surface area contributed by atoms with Crippen LogP contribution in [-0.2, 0) is 30.5 Å². The topological polar surface area (TPSA) is 186 Å². The first-order valence-electron chi connectivity index (χ1n) is 10.5. The molecule has 1 aliphatic rings. The molecule has 0 spiro atoms. The van der Waals surface area contributed by atoms with E-state index in [0.29, 0.717) is 0 Å². The molecule has 0 aliphatic carbocycles. The van der Waals surface area contributed by atoms with Gasteiger partial charge in [-0.05, 0) is 11.6 Å². The van der Waals surface area contributed by atoms with Crippen molar-refractivity contribution < 1.29 is 44.3 Å². The molecule has 12 heteroatoms. The van der Waals surface area contributed by atoms with Gasteiger partial charge in [-0.2, -0.15) is 0 Å². The predicted octanol–water partition coefficient (Wildman–Crippen LogP) is -1.89. The molecular weight excluding hydrogens is 450 g/mol. The first-order valence-corrected chi connectivity index (χ1v) is 10.5. The fourth-order valence-corrected chi connectivity index (χ4v) is 3.49. The molecule has 34 heavy (non-hydrogen) atoms. The van der Waals surface area contributed by atoms with Crippen LogP contribution in [0, 0.1) is 0 Å². The number of nitrogens with one attached hydrogen (secondary N) is 2. The lowest BCUT2D eigenvalue weighted by molar-refractivity contribution is -0.147. The van der Waals surface area contributed by atoms with Crippen molar-refractivity contribution in [2.45, 2.75) is 50.8 Å². The van der Waals surface area contributed by atoms with Gasteiger partial charge in [0.15, 0.2) is 0 Å². The highest BCUT2D eigenvalue weighted by Gasteiger charge is 2.44. The van der Waals surface area contributed by atoms with E-state index in [0.717, 1.165) is 11.6 Å². The maximum absolute atomic E-state index is 12.8. The lowest BCUT2D eigenvalue weighted by Crippen LogP contribution is -2.64. The van der Waals surface area contributed by atoms with Crippen LogP contribution in [0.3, 0.4) is 0 Å². The Kier molecular flexibility index (Phi) is 9.54. The molecule has 0 bridgehead atoms. The Hall–Kier alpha value is -3.48. The number of benzene rings is 1. The highest BCUT2D eigenvalue weighted by molar-refractivity contribution is 5.86. The third kappa shape index (κ3) is 7.27. The number of rotatable bonds is 10. The first-order chi connectivity index (χ1) is 16.0. The second-order valence-electron chi connectivity index (χ2n) is 7.84. The van der Waals surface area contributed by atoms with Gasteiger partial charge in [0.1, 0.15) is 18.3 Å². The van der Waals surface area contributed by atoms with Crippen molar-refractivity contribution in [3.05, 3.63) is 47.7 Å². The summed E-state index contributed by atoms with van der Waals surface area (Å²) in [5.41, 5.74) is 0.793. The van der Waals surface area contributed by atoms with E-state index in [1.165, 1.54) is 18.7 Å². The molecule has 3 amide bonds. The van der Waals surface area contributed by atoms with E-state index >= 15 is 0 Å². The fourth-order valence-electron chi connectivity index (χ4n) is 3.49. The molecule has 0 saturated carbocycles. The molecular formula is C22H29N3O9. The molecule has 0 fully saturated rings. The maximum Gasteiger partial charge on any atom is 0.370 e. The van der Waals surface area contributed by atoms with E-state index in [2.05, 4.69) is 10.6 Å². The quantitative estimate of drug-likeness (QED) is 0.223. The minimum Gasteiger partial charge on any atom is -0.478 e. The van der Waals surface area contributed by atoms with Gasteiger partial charge in [0.25, 0.3) is 0 Å². The second kappa shape index (κ2) is 12.1. The summed E-state index contributed by atoms with van der Waals surface area (Å²) >= 11 is 0. The van der Waals surface area contributed by atoms with Crippen molar-refractivity contribution in [1.82, 2.24) is 15.5 Å². The number of nitrogens with zero attached hydrogens (tertiary/aromatic N) is 1. The minimum absolute atomic E-state index is 0.159. The number of carboxylic acid groups (broad SMARTS) is 1. The highest BCUT2D eigenvalue weighted by Crippen LogP contribution is 2.23. The van der Waals surface area contributed by atoms with E-state index in [4.69, 9.17) is 4.74 Å². The summed E-state index contributed by atoms with van der Waals surface area (Å²) < 4.78 is 5.27. The normalized spacial score (nSPS) is 21.3. The van der Waals surface area contributed by atoms with E-state index in [1.807, 2.05) is 6.07 Å². The number of hydrogen-bond acceptors (Lipinski definition) is 8. The van der Waals surface area contributed by atoms with Crippen LogP contribution in [0.4, 0.5) is 0 Å². The number of amides is 3. The molecule has 5 atom stereocenters. The largest absolute Gasteiger partial charge is 0.478 e. The Morgan fingerprint density at radius 2 is 1.74 bits per heavy atom. The number of hydrogen-bond donors (Lipinski definition) is 6. The van der Waals surface area contributed by atoms with Crippen LogP contribution in [0.2, 0.25) is 0 Å². The van der Waals surface area contributed by atoms with Crippen molar-refractivity contribution in [3.8, 4) is 0 Å². The van der Waals surface area contributed by atoms with Gasteiger partial charge in [-0.15, -0.1) is 0 Å². The number of carbonyl (C=O) groups excluding carboxylic acids is 3. The minimum atomic E-state index is -1.80. The van der Waals surface area contributed by atoms with Gasteiger partial charge in [0.05, 0.1) is 25.2 Å². The number of ether oxygens (including phenoxy) is 1. The first kappa shape index (κ1) is 26.8. The molecule has 0 radical (unpaired) electrons. The maximum atomic E-state index is 12.8. The zero-order valence-electron chi connectivity index (χ0n) is 18.7. The van der Waals surface area contributed by atoms with Crippen molar-refractivity contribution in [1.29, 1.82) is 0 Å². The average molecular weight is 479 g/mol. The molecule has 1 heterocycles. The number of aliphatic carboxylic acids is 1. The molecule has 6 N–H and O–H groups in total. The number of aliphatic hydroxyl groups is 3. The summed E-state index contributed by atoms with van der Waals surface area (Å²) in [5.74, 6) is -3.75. The van der Waals surface area contributed by atoms with Crippen LogP contribution in [0.1, 0.15) is 19.4 Å². The molecule has 0 saturated heterocycles. The molecule has 12 nitrogen and oxygen atoms in total. The number of carboxylic acids is 1. The van der Waals surface area contributed by atoms with Gasteiger partial charge < -0.3 is 40.7 Å². The van der Waals surface area contributed by atoms with Gasteiger partial charge in [-0.3, -0.25) is 14.4 Å². The van der Waals surface area contributed by atoms with Gasteiger partial charge in [-0.25, -0.2) is 4.79 Å². The Labute approximate surface area is 195 Å². The van der Waals surface area contributed by atoms with E-state index in [1.54, 1.807) is 24.3 Å². The van der Waals surface area contributed by atoms with Gasteiger partial charge >= 0.3 is 5.97 Å². The van der Waals surface area contributed by atoms with Gasteiger partial charge in [0, 0.05) is 20.4 Å². The second-order valence-corrected chi connectivity index (χ2v) is 7.84. The third-order valence-electron chi connectivity index (χ3n) is 5.16. The summed E-state index contributed by atoms with van der Waals surface area (Å²) in [5, 5.41) is 43.8.